The Kier molecular flexibility index (Phi) is 4.17. The van der Waals surface area contributed by atoms with Gasteiger partial charge in [0, 0.05) is 42.6 Å². The molecule has 0 radical (unpaired) electrons. The Balaban J connectivity index is 2.16. The van der Waals surface area contributed by atoms with Gasteiger partial charge in [-0.15, -0.1) is 0 Å². The van der Waals surface area contributed by atoms with Crippen LogP contribution in [0.1, 0.15) is 43.6 Å². The van der Waals surface area contributed by atoms with Gasteiger partial charge in [-0.25, -0.2) is 9.97 Å². The van der Waals surface area contributed by atoms with Gasteiger partial charge in [0.25, 0.3) is 0 Å². The molecular formula is C14H24N4. The first-order valence-electron chi connectivity index (χ1n) is 6.98. The van der Waals surface area contributed by atoms with Crippen molar-refractivity contribution in [2.24, 2.45) is 0 Å². The van der Waals surface area contributed by atoms with Gasteiger partial charge in [0.2, 0.25) is 5.95 Å². The summed E-state index contributed by atoms with van der Waals surface area (Å²) < 4.78 is 0. The van der Waals surface area contributed by atoms with Crippen LogP contribution in [0.5, 0.6) is 0 Å². The van der Waals surface area contributed by atoms with E-state index in [9.17, 15) is 0 Å². The summed E-state index contributed by atoms with van der Waals surface area (Å²) in [5.74, 6) is 0.866. The fraction of sp³-hybridized carbons (Fsp3) is 0.714. The van der Waals surface area contributed by atoms with Crippen molar-refractivity contribution in [1.29, 1.82) is 0 Å². The molecule has 100 valence electrons. The number of nitrogens with one attached hydrogen (secondary N) is 1. The van der Waals surface area contributed by atoms with Gasteiger partial charge in [0.05, 0.1) is 0 Å². The largest absolute Gasteiger partial charge is 0.341 e. The molecule has 0 aliphatic heterocycles. The molecule has 1 N–H and O–H groups in total. The fourth-order valence-corrected chi connectivity index (χ4v) is 2.16. The minimum atomic E-state index is 0.728. The Bertz CT molecular complexity index is 385. The van der Waals surface area contributed by atoms with E-state index in [1.165, 1.54) is 18.4 Å². The smallest absolute Gasteiger partial charge is 0.225 e. The van der Waals surface area contributed by atoms with Crippen LogP contribution < -0.4 is 10.2 Å². The zero-order valence-electron chi connectivity index (χ0n) is 12.0. The predicted octanol–water partition coefficient (Wildman–Crippen LogP) is 2.19. The van der Waals surface area contributed by atoms with Crippen molar-refractivity contribution in [3.8, 4) is 0 Å². The lowest BCUT2D eigenvalue weighted by molar-refractivity contribution is 0.673. The molecule has 1 saturated carbocycles. The summed E-state index contributed by atoms with van der Waals surface area (Å²) in [6, 6.07) is 0.728. The average molecular weight is 248 g/mol. The highest BCUT2D eigenvalue weighted by Crippen LogP contribution is 2.21. The lowest BCUT2D eigenvalue weighted by Crippen LogP contribution is -2.26. The van der Waals surface area contributed by atoms with E-state index in [2.05, 4.69) is 47.9 Å². The molecule has 0 aromatic carbocycles. The van der Waals surface area contributed by atoms with Crippen LogP contribution in [0.2, 0.25) is 0 Å². The first-order valence-corrected chi connectivity index (χ1v) is 6.98. The summed E-state index contributed by atoms with van der Waals surface area (Å²) in [5, 5.41) is 3.54. The highest BCUT2D eigenvalue weighted by atomic mass is 15.2. The quantitative estimate of drug-likeness (QED) is 0.838. The standard InChI is InChI=1S/C14H24N4/c1-5-18(6-2)14-16-10(3)13(11(4)17-14)9-15-12-7-8-12/h12,15H,5-9H2,1-4H3. The number of rotatable bonds is 6. The van der Waals surface area contributed by atoms with Crippen LogP contribution in [-0.4, -0.2) is 29.1 Å². The fourth-order valence-electron chi connectivity index (χ4n) is 2.16. The average Bonchev–Trinajstić information content (AvgIpc) is 3.13. The molecule has 18 heavy (non-hydrogen) atoms. The number of hydrogen-bond donors (Lipinski definition) is 1. The first kappa shape index (κ1) is 13.3. The number of anilines is 1. The van der Waals surface area contributed by atoms with Gasteiger partial charge < -0.3 is 10.2 Å². The molecule has 0 saturated heterocycles. The molecule has 0 bridgehead atoms. The SMILES string of the molecule is CCN(CC)c1nc(C)c(CNC2CC2)c(C)n1. The first-order chi connectivity index (χ1) is 8.65. The normalized spacial score (nSPS) is 14.9. The lowest BCUT2D eigenvalue weighted by Gasteiger charge is -2.20. The van der Waals surface area contributed by atoms with Crippen molar-refractivity contribution in [3.63, 3.8) is 0 Å². The van der Waals surface area contributed by atoms with Crippen molar-refractivity contribution in [3.05, 3.63) is 17.0 Å². The summed E-state index contributed by atoms with van der Waals surface area (Å²) in [4.78, 5) is 11.5. The number of nitrogens with zero attached hydrogens (tertiary/aromatic N) is 3. The second-order valence-electron chi connectivity index (χ2n) is 5.00. The molecule has 1 aromatic rings. The maximum Gasteiger partial charge on any atom is 0.225 e. The van der Waals surface area contributed by atoms with Crippen LogP contribution >= 0.6 is 0 Å². The van der Waals surface area contributed by atoms with Crippen molar-refractivity contribution in [2.75, 3.05) is 18.0 Å². The van der Waals surface area contributed by atoms with Gasteiger partial charge in [-0.2, -0.15) is 0 Å². The Morgan fingerprint density at radius 1 is 1.11 bits per heavy atom. The second-order valence-corrected chi connectivity index (χ2v) is 5.00. The molecule has 0 amide bonds. The van der Waals surface area contributed by atoms with Gasteiger partial charge in [-0.3, -0.25) is 0 Å². The Labute approximate surface area is 110 Å². The summed E-state index contributed by atoms with van der Waals surface area (Å²) in [6.07, 6.45) is 2.63. The molecule has 0 unspecified atom stereocenters. The molecular weight excluding hydrogens is 224 g/mol. The Hall–Kier alpha value is -1.16. The highest BCUT2D eigenvalue weighted by molar-refractivity contribution is 5.36. The predicted molar refractivity (Wildman–Crippen MR) is 74.9 cm³/mol. The lowest BCUT2D eigenvalue weighted by atomic mass is 10.1. The topological polar surface area (TPSA) is 41.1 Å². The molecule has 0 spiro atoms. The molecule has 4 heteroatoms. The van der Waals surface area contributed by atoms with Crippen LogP contribution in [0, 0.1) is 13.8 Å². The van der Waals surface area contributed by atoms with E-state index in [0.29, 0.717) is 0 Å². The third-order valence-corrected chi connectivity index (χ3v) is 3.60. The van der Waals surface area contributed by atoms with Crippen molar-refractivity contribution in [1.82, 2.24) is 15.3 Å². The van der Waals surface area contributed by atoms with Crippen LogP contribution in [0.4, 0.5) is 5.95 Å². The van der Waals surface area contributed by atoms with Gasteiger partial charge in [-0.1, -0.05) is 0 Å². The Morgan fingerprint density at radius 2 is 1.67 bits per heavy atom. The monoisotopic (exact) mass is 248 g/mol. The van der Waals surface area contributed by atoms with E-state index in [1.807, 2.05) is 0 Å². The minimum absolute atomic E-state index is 0.728. The van der Waals surface area contributed by atoms with E-state index in [4.69, 9.17) is 0 Å². The molecule has 0 atom stereocenters. The van der Waals surface area contributed by atoms with Gasteiger partial charge in [-0.05, 0) is 40.5 Å². The Morgan fingerprint density at radius 3 is 2.11 bits per heavy atom. The van der Waals surface area contributed by atoms with E-state index in [-0.39, 0.29) is 0 Å². The van der Waals surface area contributed by atoms with Crippen LogP contribution in [-0.2, 0) is 6.54 Å². The minimum Gasteiger partial charge on any atom is -0.341 e. The van der Waals surface area contributed by atoms with Crippen molar-refractivity contribution >= 4 is 5.95 Å². The van der Waals surface area contributed by atoms with Gasteiger partial charge >= 0.3 is 0 Å². The van der Waals surface area contributed by atoms with Crippen LogP contribution in [0.25, 0.3) is 0 Å². The maximum absolute atomic E-state index is 4.65. The summed E-state index contributed by atoms with van der Waals surface area (Å²) in [5.41, 5.74) is 3.48. The molecule has 1 aliphatic rings. The summed E-state index contributed by atoms with van der Waals surface area (Å²) >= 11 is 0. The molecule has 1 fully saturated rings. The number of hydrogen-bond acceptors (Lipinski definition) is 4. The third-order valence-electron chi connectivity index (χ3n) is 3.60. The number of aryl methyl sites for hydroxylation is 2. The van der Waals surface area contributed by atoms with E-state index >= 15 is 0 Å². The molecule has 1 aromatic heterocycles. The van der Waals surface area contributed by atoms with E-state index < -0.39 is 0 Å². The molecule has 2 rings (SSSR count). The van der Waals surface area contributed by atoms with Crippen molar-refractivity contribution in [2.45, 2.75) is 53.1 Å². The zero-order chi connectivity index (χ0) is 13.1. The van der Waals surface area contributed by atoms with Gasteiger partial charge in [0.1, 0.15) is 0 Å². The molecule has 1 heterocycles. The van der Waals surface area contributed by atoms with Crippen LogP contribution in [0.15, 0.2) is 0 Å². The van der Waals surface area contributed by atoms with Gasteiger partial charge in [0.15, 0.2) is 0 Å². The van der Waals surface area contributed by atoms with Crippen molar-refractivity contribution < 1.29 is 0 Å². The third kappa shape index (κ3) is 2.99. The molecule has 1 aliphatic carbocycles. The van der Waals surface area contributed by atoms with E-state index in [1.54, 1.807) is 0 Å². The molecule has 4 nitrogen and oxygen atoms in total. The van der Waals surface area contributed by atoms with E-state index in [0.717, 1.165) is 43.0 Å². The zero-order valence-corrected chi connectivity index (χ0v) is 12.0. The summed E-state index contributed by atoms with van der Waals surface area (Å²) in [6.45, 7) is 11.3. The highest BCUT2D eigenvalue weighted by Gasteiger charge is 2.21. The number of aromatic nitrogens is 2. The second kappa shape index (κ2) is 5.65. The summed E-state index contributed by atoms with van der Waals surface area (Å²) in [7, 11) is 0. The maximum atomic E-state index is 4.65. The van der Waals surface area contributed by atoms with Crippen LogP contribution in [0.3, 0.4) is 0 Å².